The Hall–Kier alpha value is -1.62. The first kappa shape index (κ1) is 13.8. The van der Waals surface area contributed by atoms with Crippen molar-refractivity contribution in [3.8, 4) is 0 Å². The molecule has 1 aromatic heterocycles. The van der Waals surface area contributed by atoms with Gasteiger partial charge in [0.2, 0.25) is 0 Å². The molecule has 0 saturated carbocycles. The number of carbonyl (C=O) groups excluding carboxylic acids is 1. The molecule has 1 aliphatic heterocycles. The molecule has 104 valence electrons. The number of rotatable bonds is 2. The lowest BCUT2D eigenvalue weighted by atomic mass is 10.0. The lowest BCUT2D eigenvalue weighted by Gasteiger charge is -2.35. The van der Waals surface area contributed by atoms with E-state index in [0.29, 0.717) is 17.3 Å². The molecule has 19 heavy (non-hydrogen) atoms. The van der Waals surface area contributed by atoms with Gasteiger partial charge in [-0.2, -0.15) is 0 Å². The Morgan fingerprint density at radius 1 is 1.47 bits per heavy atom. The zero-order valence-electron chi connectivity index (χ0n) is 11.9. The standard InChI is InChI=1S/C14H22N4O/c1-10-8-13(15)12(9-16-10)14(19)18(3)11-4-6-17(2)7-5-11/h8-9,11H,4-7H2,1-3H3,(H2,15,16). The zero-order valence-corrected chi connectivity index (χ0v) is 11.9. The molecular weight excluding hydrogens is 240 g/mol. The predicted molar refractivity (Wildman–Crippen MR) is 76.0 cm³/mol. The van der Waals surface area contributed by atoms with Crippen LogP contribution in [-0.4, -0.2) is 53.9 Å². The number of likely N-dealkylation sites (tertiary alicyclic amines) is 1. The van der Waals surface area contributed by atoms with Crippen molar-refractivity contribution in [2.45, 2.75) is 25.8 Å². The Morgan fingerprint density at radius 3 is 2.68 bits per heavy atom. The first-order chi connectivity index (χ1) is 8.99. The molecule has 0 aliphatic carbocycles. The molecule has 1 aromatic rings. The Balaban J connectivity index is 2.10. The Kier molecular flexibility index (Phi) is 4.04. The van der Waals surface area contributed by atoms with Crippen LogP contribution in [0.1, 0.15) is 28.9 Å². The van der Waals surface area contributed by atoms with Gasteiger partial charge in [0.25, 0.3) is 5.91 Å². The number of hydrogen-bond donors (Lipinski definition) is 1. The van der Waals surface area contributed by atoms with Crippen molar-refractivity contribution in [1.82, 2.24) is 14.8 Å². The van der Waals surface area contributed by atoms with Crippen molar-refractivity contribution >= 4 is 11.6 Å². The third-order valence-electron chi connectivity index (χ3n) is 3.86. The maximum absolute atomic E-state index is 12.4. The van der Waals surface area contributed by atoms with Gasteiger partial charge < -0.3 is 15.5 Å². The Bertz CT molecular complexity index is 467. The Labute approximate surface area is 114 Å². The Morgan fingerprint density at radius 2 is 2.11 bits per heavy atom. The van der Waals surface area contributed by atoms with Crippen LogP contribution in [0.4, 0.5) is 5.69 Å². The van der Waals surface area contributed by atoms with Crippen LogP contribution in [0.15, 0.2) is 12.3 Å². The predicted octanol–water partition coefficient (Wildman–Crippen LogP) is 1.14. The molecule has 0 radical (unpaired) electrons. The lowest BCUT2D eigenvalue weighted by molar-refractivity contribution is 0.0660. The summed E-state index contributed by atoms with van der Waals surface area (Å²) in [5, 5.41) is 0. The SMILES string of the molecule is Cc1cc(N)c(C(=O)N(C)C2CCN(C)CC2)cn1. The number of anilines is 1. The van der Waals surface area contributed by atoms with Gasteiger partial charge in [-0.1, -0.05) is 0 Å². The topological polar surface area (TPSA) is 62.5 Å². The van der Waals surface area contributed by atoms with Gasteiger partial charge in [0.15, 0.2) is 0 Å². The van der Waals surface area contributed by atoms with Gasteiger partial charge in [-0.25, -0.2) is 0 Å². The number of piperidine rings is 1. The minimum atomic E-state index is -0.0282. The van der Waals surface area contributed by atoms with Gasteiger partial charge in [0.1, 0.15) is 0 Å². The van der Waals surface area contributed by atoms with Crippen molar-refractivity contribution in [2.24, 2.45) is 0 Å². The first-order valence-electron chi connectivity index (χ1n) is 6.67. The molecule has 0 unspecified atom stereocenters. The maximum atomic E-state index is 12.4. The average molecular weight is 262 g/mol. The van der Waals surface area contributed by atoms with Gasteiger partial charge in [0.05, 0.1) is 5.56 Å². The molecule has 2 N–H and O–H groups in total. The molecule has 1 amide bonds. The van der Waals surface area contributed by atoms with E-state index < -0.39 is 0 Å². The van der Waals surface area contributed by atoms with Crippen LogP contribution in [0.3, 0.4) is 0 Å². The minimum absolute atomic E-state index is 0.0282. The number of aromatic nitrogens is 1. The van der Waals surface area contributed by atoms with Crippen LogP contribution in [0.2, 0.25) is 0 Å². The van der Waals surface area contributed by atoms with E-state index in [9.17, 15) is 4.79 Å². The molecule has 0 aromatic carbocycles. The van der Waals surface area contributed by atoms with Crippen LogP contribution < -0.4 is 5.73 Å². The molecular formula is C14H22N4O. The van der Waals surface area contributed by atoms with Crippen molar-refractivity contribution in [3.63, 3.8) is 0 Å². The van der Waals surface area contributed by atoms with Gasteiger partial charge in [0, 0.05) is 30.7 Å². The number of pyridine rings is 1. The summed E-state index contributed by atoms with van der Waals surface area (Å²) in [5.41, 5.74) is 7.76. The summed E-state index contributed by atoms with van der Waals surface area (Å²) < 4.78 is 0. The fourth-order valence-corrected chi connectivity index (χ4v) is 2.50. The van der Waals surface area contributed by atoms with E-state index in [4.69, 9.17) is 5.73 Å². The third kappa shape index (κ3) is 3.04. The van der Waals surface area contributed by atoms with Crippen molar-refractivity contribution in [3.05, 3.63) is 23.5 Å². The molecule has 1 saturated heterocycles. The maximum Gasteiger partial charge on any atom is 0.257 e. The van der Waals surface area contributed by atoms with Gasteiger partial charge in [-0.15, -0.1) is 0 Å². The molecule has 1 aliphatic rings. The van der Waals surface area contributed by atoms with E-state index in [0.717, 1.165) is 31.6 Å². The van der Waals surface area contributed by atoms with E-state index in [-0.39, 0.29) is 5.91 Å². The summed E-state index contributed by atoms with van der Waals surface area (Å²) in [7, 11) is 3.97. The monoisotopic (exact) mass is 262 g/mol. The van der Waals surface area contributed by atoms with Gasteiger partial charge in [-0.05, 0) is 46.0 Å². The van der Waals surface area contributed by atoms with E-state index in [2.05, 4.69) is 16.9 Å². The van der Waals surface area contributed by atoms with E-state index in [1.807, 2.05) is 18.9 Å². The second kappa shape index (κ2) is 5.57. The summed E-state index contributed by atoms with van der Waals surface area (Å²) in [6.07, 6.45) is 3.61. The fraction of sp³-hybridized carbons (Fsp3) is 0.571. The fourth-order valence-electron chi connectivity index (χ4n) is 2.50. The van der Waals surface area contributed by atoms with Crippen molar-refractivity contribution in [1.29, 1.82) is 0 Å². The lowest BCUT2D eigenvalue weighted by Crippen LogP contribution is -2.44. The van der Waals surface area contributed by atoms with E-state index >= 15 is 0 Å². The second-order valence-corrected chi connectivity index (χ2v) is 5.36. The second-order valence-electron chi connectivity index (χ2n) is 5.36. The average Bonchev–Trinajstić information content (AvgIpc) is 2.38. The highest BCUT2D eigenvalue weighted by atomic mass is 16.2. The molecule has 2 rings (SSSR count). The molecule has 0 atom stereocenters. The van der Waals surface area contributed by atoms with Crippen LogP contribution in [0, 0.1) is 6.92 Å². The summed E-state index contributed by atoms with van der Waals surface area (Å²) in [4.78, 5) is 20.7. The molecule has 5 heteroatoms. The van der Waals surface area contributed by atoms with Crippen LogP contribution in [-0.2, 0) is 0 Å². The number of nitrogens with two attached hydrogens (primary N) is 1. The summed E-state index contributed by atoms with van der Waals surface area (Å²) in [6, 6.07) is 2.04. The molecule has 2 heterocycles. The highest BCUT2D eigenvalue weighted by Gasteiger charge is 2.25. The smallest absolute Gasteiger partial charge is 0.257 e. The van der Waals surface area contributed by atoms with Crippen molar-refractivity contribution < 1.29 is 4.79 Å². The normalized spacial score (nSPS) is 17.4. The van der Waals surface area contributed by atoms with Crippen LogP contribution in [0.25, 0.3) is 0 Å². The van der Waals surface area contributed by atoms with E-state index in [1.165, 1.54) is 0 Å². The van der Waals surface area contributed by atoms with Gasteiger partial charge >= 0.3 is 0 Å². The zero-order chi connectivity index (χ0) is 14.0. The number of nitrogens with zero attached hydrogens (tertiary/aromatic N) is 3. The van der Waals surface area contributed by atoms with Crippen molar-refractivity contribution in [2.75, 3.05) is 32.9 Å². The van der Waals surface area contributed by atoms with Crippen LogP contribution in [0.5, 0.6) is 0 Å². The van der Waals surface area contributed by atoms with Gasteiger partial charge in [-0.3, -0.25) is 9.78 Å². The number of hydrogen-bond acceptors (Lipinski definition) is 4. The molecule has 1 fully saturated rings. The largest absolute Gasteiger partial charge is 0.398 e. The quantitative estimate of drug-likeness (QED) is 0.868. The molecule has 0 spiro atoms. The molecule has 0 bridgehead atoms. The number of nitrogen functional groups attached to an aromatic ring is 1. The highest BCUT2D eigenvalue weighted by molar-refractivity contribution is 5.98. The summed E-state index contributed by atoms with van der Waals surface area (Å²) in [6.45, 7) is 3.93. The first-order valence-corrected chi connectivity index (χ1v) is 6.67. The minimum Gasteiger partial charge on any atom is -0.398 e. The number of carbonyl (C=O) groups is 1. The highest BCUT2D eigenvalue weighted by Crippen LogP contribution is 2.19. The molecule has 5 nitrogen and oxygen atoms in total. The number of amides is 1. The number of aryl methyl sites for hydroxylation is 1. The summed E-state index contributed by atoms with van der Waals surface area (Å²) >= 11 is 0. The van der Waals surface area contributed by atoms with Crippen LogP contribution >= 0.6 is 0 Å². The van der Waals surface area contributed by atoms with E-state index in [1.54, 1.807) is 12.3 Å². The third-order valence-corrected chi connectivity index (χ3v) is 3.86. The summed E-state index contributed by atoms with van der Waals surface area (Å²) in [5.74, 6) is -0.0282.